The summed E-state index contributed by atoms with van der Waals surface area (Å²) < 4.78 is 33.2. The van der Waals surface area contributed by atoms with E-state index in [9.17, 15) is 18.4 Å². The van der Waals surface area contributed by atoms with Crippen molar-refractivity contribution < 1.29 is 23.1 Å². The number of benzene rings is 1. The number of alkyl halides is 2. The summed E-state index contributed by atoms with van der Waals surface area (Å²) in [6.07, 6.45) is 3.20. The number of rotatable bonds is 8. The molecule has 2 aromatic heterocycles. The molecule has 3 aromatic rings. The molecule has 2 saturated carbocycles. The van der Waals surface area contributed by atoms with Gasteiger partial charge < -0.3 is 20.4 Å². The van der Waals surface area contributed by atoms with Crippen molar-refractivity contribution in [2.75, 3.05) is 6.61 Å². The van der Waals surface area contributed by atoms with Gasteiger partial charge in [-0.05, 0) is 69.1 Å². The van der Waals surface area contributed by atoms with Crippen LogP contribution in [0.5, 0.6) is 5.75 Å². The van der Waals surface area contributed by atoms with Gasteiger partial charge in [-0.3, -0.25) is 9.59 Å². The normalized spacial score (nSPS) is 21.5. The lowest BCUT2D eigenvalue weighted by Gasteiger charge is -2.34. The number of fused-ring (bicyclic) bond motifs is 1. The zero-order chi connectivity index (χ0) is 27.0. The molecular formula is C28H33F2N5O3. The van der Waals surface area contributed by atoms with Gasteiger partial charge in [0.05, 0.1) is 17.7 Å². The molecule has 2 heterocycles. The number of halogens is 2. The van der Waals surface area contributed by atoms with Gasteiger partial charge in [0, 0.05) is 35.8 Å². The average molecular weight is 526 g/mol. The van der Waals surface area contributed by atoms with Crippen LogP contribution in [-0.2, 0) is 4.79 Å². The van der Waals surface area contributed by atoms with Gasteiger partial charge in [-0.2, -0.15) is 0 Å². The second kappa shape index (κ2) is 10.7. The molecule has 5 rings (SSSR count). The van der Waals surface area contributed by atoms with Crippen LogP contribution in [0.3, 0.4) is 0 Å². The van der Waals surface area contributed by atoms with Gasteiger partial charge in [0.25, 0.3) is 12.3 Å². The van der Waals surface area contributed by atoms with Crippen molar-refractivity contribution in [2.24, 2.45) is 11.8 Å². The van der Waals surface area contributed by atoms with Crippen LogP contribution in [0, 0.1) is 18.8 Å². The maximum atomic E-state index is 13.6. The highest BCUT2D eigenvalue weighted by molar-refractivity contribution is 6.09. The first kappa shape index (κ1) is 26.1. The van der Waals surface area contributed by atoms with E-state index in [0.717, 1.165) is 32.1 Å². The van der Waals surface area contributed by atoms with E-state index in [1.54, 1.807) is 13.0 Å². The summed E-state index contributed by atoms with van der Waals surface area (Å²) in [5.74, 6) is 0.897. The van der Waals surface area contributed by atoms with Crippen molar-refractivity contribution >= 4 is 22.8 Å². The molecule has 3 N–H and O–H groups in total. The fourth-order valence-corrected chi connectivity index (χ4v) is 5.35. The first-order chi connectivity index (χ1) is 18.2. The molecular weight excluding hydrogens is 492 g/mol. The minimum absolute atomic E-state index is 0.0293. The van der Waals surface area contributed by atoms with E-state index in [1.807, 2.05) is 0 Å². The number of aromatic amines is 1. The second-order valence-electron chi connectivity index (χ2n) is 10.6. The van der Waals surface area contributed by atoms with Gasteiger partial charge in [0.15, 0.2) is 0 Å². The summed E-state index contributed by atoms with van der Waals surface area (Å²) in [7, 11) is 0. The number of aromatic nitrogens is 3. The summed E-state index contributed by atoms with van der Waals surface area (Å²) in [4.78, 5) is 36.9. The number of nitrogens with zero attached hydrogens (tertiary/aromatic N) is 2. The lowest BCUT2D eigenvalue weighted by Crippen LogP contribution is -2.47. The Labute approximate surface area is 220 Å². The number of carbonyl (C=O) groups is 2. The first-order valence-corrected chi connectivity index (χ1v) is 13.2. The Bertz CT molecular complexity index is 1350. The van der Waals surface area contributed by atoms with E-state index in [-0.39, 0.29) is 35.4 Å². The minimum Gasteiger partial charge on any atom is -0.493 e. The molecule has 3 atom stereocenters. The Hall–Kier alpha value is -3.56. The predicted octanol–water partition coefficient (Wildman–Crippen LogP) is 5.08. The number of carbonyl (C=O) groups excluding carboxylic acids is 2. The molecule has 0 spiro atoms. The van der Waals surface area contributed by atoms with Gasteiger partial charge >= 0.3 is 0 Å². The zero-order valence-electron chi connectivity index (χ0n) is 21.8. The minimum atomic E-state index is -2.64. The largest absolute Gasteiger partial charge is 0.493 e. The van der Waals surface area contributed by atoms with E-state index in [0.29, 0.717) is 51.8 Å². The lowest BCUT2D eigenvalue weighted by atomic mass is 9.82. The molecule has 2 fully saturated rings. The number of hydrogen-bond acceptors (Lipinski definition) is 5. The summed E-state index contributed by atoms with van der Waals surface area (Å²) >= 11 is 0. The molecule has 2 aliphatic rings. The standard InChI is InChI=1S/C28H33F2N5O3/c1-14-10-19(7-8-21(14)34-16(3)36)35-28(37)23-15(2)33-26-24(31-13-32-25(23)26)20-11-18(27(29)30)6-9-22(20)38-12-17-4-5-17/h6,9,11,13-14,17,19,21,27,33H,4-5,7-8,10,12H2,1-3H3,(H,34,36)(H,35,37)/t14-,19-,21-/m1/s1. The van der Waals surface area contributed by atoms with Crippen LogP contribution in [0.25, 0.3) is 22.3 Å². The molecule has 2 amide bonds. The summed E-state index contributed by atoms with van der Waals surface area (Å²) in [5, 5.41) is 6.13. The summed E-state index contributed by atoms with van der Waals surface area (Å²) in [6, 6.07) is 4.41. The summed E-state index contributed by atoms with van der Waals surface area (Å²) in [6.45, 7) is 5.90. The van der Waals surface area contributed by atoms with Crippen LogP contribution in [0.2, 0.25) is 0 Å². The smallest absolute Gasteiger partial charge is 0.263 e. The molecule has 0 aliphatic heterocycles. The SMILES string of the molecule is CC(=O)N[C@@H]1CC[C@@H](NC(=O)c2c(C)[nH]c3c(-c4cc(C(F)F)ccc4OCC4CC4)ncnc23)C[C@H]1C. The Morgan fingerprint density at radius 1 is 1.16 bits per heavy atom. The number of nitrogens with one attached hydrogen (secondary N) is 3. The Morgan fingerprint density at radius 2 is 1.95 bits per heavy atom. The quantitative estimate of drug-likeness (QED) is 0.380. The van der Waals surface area contributed by atoms with Crippen molar-refractivity contribution in [1.29, 1.82) is 0 Å². The molecule has 0 radical (unpaired) electrons. The van der Waals surface area contributed by atoms with Crippen LogP contribution in [0.1, 0.15) is 74.0 Å². The average Bonchev–Trinajstić information content (AvgIpc) is 3.63. The van der Waals surface area contributed by atoms with E-state index < -0.39 is 6.43 Å². The van der Waals surface area contributed by atoms with Crippen LogP contribution in [-0.4, -0.2) is 45.5 Å². The molecule has 1 aromatic carbocycles. The van der Waals surface area contributed by atoms with Crippen molar-refractivity contribution in [2.45, 2.75) is 71.4 Å². The fraction of sp³-hybridized carbons (Fsp3) is 0.500. The van der Waals surface area contributed by atoms with Gasteiger partial charge in [-0.25, -0.2) is 18.7 Å². The molecule has 202 valence electrons. The van der Waals surface area contributed by atoms with Crippen molar-refractivity contribution in [1.82, 2.24) is 25.6 Å². The first-order valence-electron chi connectivity index (χ1n) is 13.2. The highest BCUT2D eigenvalue weighted by Crippen LogP contribution is 2.38. The van der Waals surface area contributed by atoms with Crippen LogP contribution in [0.15, 0.2) is 24.5 Å². The van der Waals surface area contributed by atoms with Crippen molar-refractivity contribution in [3.63, 3.8) is 0 Å². The molecule has 2 aliphatic carbocycles. The number of amides is 2. The second-order valence-corrected chi connectivity index (χ2v) is 10.6. The van der Waals surface area contributed by atoms with Crippen molar-refractivity contribution in [3.05, 3.63) is 41.3 Å². The molecule has 10 heteroatoms. The third kappa shape index (κ3) is 5.49. The Kier molecular flexibility index (Phi) is 7.32. The fourth-order valence-electron chi connectivity index (χ4n) is 5.35. The number of H-pyrrole nitrogens is 1. The van der Waals surface area contributed by atoms with Gasteiger partial charge in [0.1, 0.15) is 23.3 Å². The number of aryl methyl sites for hydroxylation is 1. The highest BCUT2D eigenvalue weighted by atomic mass is 19.3. The molecule has 8 nitrogen and oxygen atoms in total. The van der Waals surface area contributed by atoms with Crippen LogP contribution in [0.4, 0.5) is 8.78 Å². The highest BCUT2D eigenvalue weighted by Gasteiger charge is 2.31. The number of ether oxygens (including phenoxy) is 1. The van der Waals surface area contributed by atoms with E-state index >= 15 is 0 Å². The van der Waals surface area contributed by atoms with Crippen molar-refractivity contribution in [3.8, 4) is 17.0 Å². The van der Waals surface area contributed by atoms with Gasteiger partial charge in [-0.15, -0.1) is 0 Å². The topological polar surface area (TPSA) is 109 Å². The Morgan fingerprint density at radius 3 is 2.63 bits per heavy atom. The Balaban J connectivity index is 1.43. The van der Waals surface area contributed by atoms with Gasteiger partial charge in [-0.1, -0.05) is 6.92 Å². The third-order valence-corrected chi connectivity index (χ3v) is 7.57. The molecule has 0 unspecified atom stereocenters. The molecule has 38 heavy (non-hydrogen) atoms. The van der Waals surface area contributed by atoms with Gasteiger partial charge in [0.2, 0.25) is 5.91 Å². The van der Waals surface area contributed by atoms with E-state index in [1.165, 1.54) is 25.4 Å². The predicted molar refractivity (Wildman–Crippen MR) is 139 cm³/mol. The van der Waals surface area contributed by atoms with E-state index in [4.69, 9.17) is 4.74 Å². The maximum Gasteiger partial charge on any atom is 0.263 e. The molecule has 0 bridgehead atoms. The monoisotopic (exact) mass is 525 g/mol. The third-order valence-electron chi connectivity index (χ3n) is 7.57. The zero-order valence-corrected chi connectivity index (χ0v) is 21.8. The number of hydrogen-bond donors (Lipinski definition) is 3. The molecule has 0 saturated heterocycles. The maximum absolute atomic E-state index is 13.6. The summed E-state index contributed by atoms with van der Waals surface area (Å²) in [5.41, 5.74) is 2.68. The lowest BCUT2D eigenvalue weighted by molar-refractivity contribution is -0.120. The van der Waals surface area contributed by atoms with E-state index in [2.05, 4.69) is 32.5 Å². The van der Waals surface area contributed by atoms with Crippen LogP contribution < -0.4 is 15.4 Å². The van der Waals surface area contributed by atoms with Crippen LogP contribution >= 0.6 is 0 Å².